The molecule has 2 aromatic rings. The number of anilines is 2. The summed E-state index contributed by atoms with van der Waals surface area (Å²) >= 11 is 7.59. The molecule has 0 saturated carbocycles. The molecule has 162 valence electrons. The van der Waals surface area contributed by atoms with Crippen molar-refractivity contribution in [1.82, 2.24) is 4.90 Å². The molecule has 0 aliphatic carbocycles. The molecule has 0 spiro atoms. The van der Waals surface area contributed by atoms with Gasteiger partial charge in [0.2, 0.25) is 5.91 Å². The van der Waals surface area contributed by atoms with E-state index in [0.717, 1.165) is 47.3 Å². The van der Waals surface area contributed by atoms with E-state index in [1.165, 1.54) is 24.0 Å². The summed E-state index contributed by atoms with van der Waals surface area (Å²) in [7, 11) is 1.36. The van der Waals surface area contributed by atoms with Crippen molar-refractivity contribution in [2.75, 3.05) is 50.1 Å². The smallest absolute Gasteiger partial charge is 0.341 e. The Bertz CT molecular complexity index is 936. The zero-order chi connectivity index (χ0) is 21.8. The van der Waals surface area contributed by atoms with Crippen LogP contribution in [-0.2, 0) is 16.0 Å². The number of amides is 1. The molecule has 1 aliphatic rings. The Balaban J connectivity index is 1.61. The molecular formula is C22H28ClN3O3S. The van der Waals surface area contributed by atoms with Gasteiger partial charge in [-0.05, 0) is 43.5 Å². The fourth-order valence-corrected chi connectivity index (χ4v) is 5.17. The molecule has 2 heterocycles. The fraction of sp³-hybridized carbons (Fsp3) is 0.455. The van der Waals surface area contributed by atoms with E-state index >= 15 is 0 Å². The number of nitrogens with one attached hydrogen (secondary N) is 1. The maximum Gasteiger partial charge on any atom is 0.341 e. The van der Waals surface area contributed by atoms with Crippen LogP contribution in [0.3, 0.4) is 0 Å². The Hall–Kier alpha value is -2.09. The zero-order valence-corrected chi connectivity index (χ0v) is 19.5. The molecule has 1 aliphatic heterocycles. The summed E-state index contributed by atoms with van der Waals surface area (Å²) in [5, 5.41) is 4.25. The predicted octanol–water partition coefficient (Wildman–Crippen LogP) is 4.13. The van der Waals surface area contributed by atoms with Crippen LogP contribution in [0.2, 0.25) is 5.02 Å². The maximum absolute atomic E-state index is 12.7. The van der Waals surface area contributed by atoms with Gasteiger partial charge in [-0.25, -0.2) is 4.79 Å². The fourth-order valence-electron chi connectivity index (χ4n) is 3.85. The highest BCUT2D eigenvalue weighted by Gasteiger charge is 2.25. The molecule has 3 rings (SSSR count). The average molecular weight is 450 g/mol. The van der Waals surface area contributed by atoms with Crippen LogP contribution in [0, 0.1) is 13.8 Å². The van der Waals surface area contributed by atoms with Crippen LogP contribution in [0.1, 0.15) is 33.3 Å². The number of halogens is 1. The normalized spacial score (nSPS) is 14.6. The summed E-state index contributed by atoms with van der Waals surface area (Å²) in [6.45, 7) is 9.57. The highest BCUT2D eigenvalue weighted by molar-refractivity contribution is 7.16. The van der Waals surface area contributed by atoms with Gasteiger partial charge < -0.3 is 15.0 Å². The summed E-state index contributed by atoms with van der Waals surface area (Å²) in [4.78, 5) is 30.4. The Morgan fingerprint density at radius 2 is 1.90 bits per heavy atom. The molecule has 30 heavy (non-hydrogen) atoms. The van der Waals surface area contributed by atoms with E-state index in [0.29, 0.717) is 23.5 Å². The number of thiophene rings is 1. The monoisotopic (exact) mass is 449 g/mol. The molecule has 1 N–H and O–H groups in total. The molecule has 8 heteroatoms. The van der Waals surface area contributed by atoms with Gasteiger partial charge in [-0.2, -0.15) is 0 Å². The Kier molecular flexibility index (Phi) is 7.39. The van der Waals surface area contributed by atoms with Gasteiger partial charge >= 0.3 is 5.97 Å². The summed E-state index contributed by atoms with van der Waals surface area (Å²) in [6.07, 6.45) is 0.716. The molecule has 1 amide bonds. The van der Waals surface area contributed by atoms with Crippen molar-refractivity contribution in [3.8, 4) is 0 Å². The third-order valence-electron chi connectivity index (χ3n) is 5.46. The SMILES string of the molecule is CCc1c(C)sc(NC(=O)CN2CCN(c3cc(Cl)ccc3C)CC2)c1C(=O)OC. The second kappa shape index (κ2) is 9.81. The first-order valence-corrected chi connectivity index (χ1v) is 11.3. The Morgan fingerprint density at radius 1 is 1.20 bits per heavy atom. The molecule has 1 saturated heterocycles. The first-order chi connectivity index (χ1) is 14.3. The number of hydrogen-bond donors (Lipinski definition) is 1. The van der Waals surface area contributed by atoms with Gasteiger partial charge in [-0.15, -0.1) is 11.3 Å². The lowest BCUT2D eigenvalue weighted by molar-refractivity contribution is -0.117. The number of esters is 1. The van der Waals surface area contributed by atoms with E-state index in [9.17, 15) is 9.59 Å². The molecule has 1 fully saturated rings. The van der Waals surface area contributed by atoms with Crippen LogP contribution in [0.25, 0.3) is 0 Å². The van der Waals surface area contributed by atoms with Gasteiger partial charge in [-0.3, -0.25) is 9.69 Å². The van der Waals surface area contributed by atoms with Crippen molar-refractivity contribution in [2.45, 2.75) is 27.2 Å². The molecule has 1 aromatic carbocycles. The highest BCUT2D eigenvalue weighted by Crippen LogP contribution is 2.34. The number of rotatable bonds is 6. The molecule has 0 unspecified atom stereocenters. The second-order valence-electron chi connectivity index (χ2n) is 7.43. The number of ether oxygens (including phenoxy) is 1. The average Bonchev–Trinajstić information content (AvgIpc) is 3.04. The number of benzene rings is 1. The number of aryl methyl sites for hydroxylation is 2. The molecular weight excluding hydrogens is 422 g/mol. The molecule has 0 radical (unpaired) electrons. The number of carbonyl (C=O) groups is 2. The van der Waals surface area contributed by atoms with Crippen LogP contribution in [0.5, 0.6) is 0 Å². The third kappa shape index (κ3) is 4.96. The summed E-state index contributed by atoms with van der Waals surface area (Å²) in [5.74, 6) is -0.520. The first-order valence-electron chi connectivity index (χ1n) is 10.1. The van der Waals surface area contributed by atoms with Gasteiger partial charge in [-0.1, -0.05) is 24.6 Å². The van der Waals surface area contributed by atoms with Gasteiger partial charge in [0.15, 0.2) is 0 Å². The van der Waals surface area contributed by atoms with Crippen molar-refractivity contribution in [2.24, 2.45) is 0 Å². The number of carbonyl (C=O) groups excluding carboxylic acids is 2. The van der Waals surface area contributed by atoms with Crippen molar-refractivity contribution < 1.29 is 14.3 Å². The van der Waals surface area contributed by atoms with E-state index in [4.69, 9.17) is 16.3 Å². The highest BCUT2D eigenvalue weighted by atomic mass is 35.5. The summed E-state index contributed by atoms with van der Waals surface area (Å²) in [6, 6.07) is 5.93. The quantitative estimate of drug-likeness (QED) is 0.672. The standard InChI is InChI=1S/C22H28ClN3O3S/c1-5-17-15(3)30-21(20(17)22(28)29-4)24-19(27)13-25-8-10-26(11-9-25)18-12-16(23)7-6-14(18)2/h6-7,12H,5,8-11,13H2,1-4H3,(H,24,27). The maximum atomic E-state index is 12.7. The molecule has 6 nitrogen and oxygen atoms in total. The van der Waals surface area contributed by atoms with Gasteiger partial charge in [0.25, 0.3) is 0 Å². The molecule has 1 aromatic heterocycles. The van der Waals surface area contributed by atoms with E-state index in [1.54, 1.807) is 0 Å². The molecule has 0 bridgehead atoms. The van der Waals surface area contributed by atoms with E-state index in [-0.39, 0.29) is 5.91 Å². The third-order valence-corrected chi connectivity index (χ3v) is 6.75. The lowest BCUT2D eigenvalue weighted by atomic mass is 10.1. The van der Waals surface area contributed by atoms with Gasteiger partial charge in [0.05, 0.1) is 19.2 Å². The minimum atomic E-state index is -0.406. The minimum Gasteiger partial charge on any atom is -0.465 e. The number of piperazine rings is 1. The van der Waals surface area contributed by atoms with Crippen molar-refractivity contribution in [3.05, 3.63) is 44.8 Å². The van der Waals surface area contributed by atoms with Crippen molar-refractivity contribution in [1.29, 1.82) is 0 Å². The topological polar surface area (TPSA) is 61.9 Å². The second-order valence-corrected chi connectivity index (χ2v) is 9.09. The predicted molar refractivity (Wildman–Crippen MR) is 123 cm³/mol. The largest absolute Gasteiger partial charge is 0.465 e. The zero-order valence-electron chi connectivity index (χ0n) is 17.9. The minimum absolute atomic E-state index is 0.114. The van der Waals surface area contributed by atoms with Crippen LogP contribution >= 0.6 is 22.9 Å². The van der Waals surface area contributed by atoms with Gasteiger partial charge in [0, 0.05) is 41.8 Å². The Morgan fingerprint density at radius 3 is 2.53 bits per heavy atom. The van der Waals surface area contributed by atoms with Crippen LogP contribution in [-0.4, -0.2) is 56.6 Å². The van der Waals surface area contributed by atoms with E-state index < -0.39 is 5.97 Å². The van der Waals surface area contributed by atoms with Crippen LogP contribution in [0.4, 0.5) is 10.7 Å². The van der Waals surface area contributed by atoms with Crippen molar-refractivity contribution >= 4 is 45.5 Å². The summed E-state index contributed by atoms with van der Waals surface area (Å²) < 4.78 is 4.93. The molecule has 0 atom stereocenters. The lowest BCUT2D eigenvalue weighted by Crippen LogP contribution is -2.48. The Labute approximate surface area is 186 Å². The first kappa shape index (κ1) is 22.6. The van der Waals surface area contributed by atoms with Crippen molar-refractivity contribution in [3.63, 3.8) is 0 Å². The van der Waals surface area contributed by atoms with Gasteiger partial charge in [0.1, 0.15) is 5.00 Å². The number of hydrogen-bond acceptors (Lipinski definition) is 6. The van der Waals surface area contributed by atoms with E-state index in [1.807, 2.05) is 32.0 Å². The number of nitrogens with zero attached hydrogens (tertiary/aromatic N) is 2. The van der Waals surface area contributed by atoms with Crippen LogP contribution < -0.4 is 10.2 Å². The summed E-state index contributed by atoms with van der Waals surface area (Å²) in [5.41, 5.74) is 3.76. The van der Waals surface area contributed by atoms with Crippen LogP contribution in [0.15, 0.2) is 18.2 Å². The van der Waals surface area contributed by atoms with E-state index in [2.05, 4.69) is 22.0 Å². The lowest BCUT2D eigenvalue weighted by Gasteiger charge is -2.36. The number of methoxy groups -OCH3 is 1.